The maximum Gasteiger partial charge on any atom is 0.253 e. The molecule has 1 aliphatic rings. The number of carbonyl (C=O) groups excluding carboxylic acids is 1. The molecule has 0 aromatic heterocycles. The fourth-order valence-electron chi connectivity index (χ4n) is 2.02. The number of nitrogens with one attached hydrogen (secondary N) is 1. The summed E-state index contributed by atoms with van der Waals surface area (Å²) in [6, 6.07) is 8.21. The summed E-state index contributed by atoms with van der Waals surface area (Å²) >= 11 is 0. The maximum absolute atomic E-state index is 11.8. The minimum absolute atomic E-state index is 0.0451. The van der Waals surface area contributed by atoms with Crippen molar-refractivity contribution < 1.29 is 4.79 Å². The molecular formula is C15H22N2O. The lowest BCUT2D eigenvalue weighted by Gasteiger charge is -2.21. The molecule has 3 nitrogen and oxygen atoms in total. The zero-order chi connectivity index (χ0) is 13.3. The molecule has 1 aromatic carbocycles. The van der Waals surface area contributed by atoms with E-state index in [1.807, 2.05) is 24.3 Å². The summed E-state index contributed by atoms with van der Waals surface area (Å²) < 4.78 is 0. The Labute approximate surface area is 109 Å². The van der Waals surface area contributed by atoms with Gasteiger partial charge in [0.1, 0.15) is 0 Å². The minimum Gasteiger partial charge on any atom is -0.382 e. The summed E-state index contributed by atoms with van der Waals surface area (Å²) in [4.78, 5) is 13.3. The van der Waals surface area contributed by atoms with Crippen LogP contribution in [-0.2, 0) is 0 Å². The van der Waals surface area contributed by atoms with Gasteiger partial charge in [-0.15, -0.1) is 0 Å². The van der Waals surface area contributed by atoms with Crippen LogP contribution in [0.25, 0.3) is 0 Å². The van der Waals surface area contributed by atoms with Gasteiger partial charge in [0.15, 0.2) is 0 Å². The third-order valence-electron chi connectivity index (χ3n) is 4.01. The number of rotatable bonds is 4. The van der Waals surface area contributed by atoms with E-state index in [1.54, 1.807) is 19.0 Å². The van der Waals surface area contributed by atoms with Crippen LogP contribution in [0.2, 0.25) is 0 Å². The van der Waals surface area contributed by atoms with Gasteiger partial charge in [0.2, 0.25) is 0 Å². The molecule has 1 aromatic rings. The summed E-state index contributed by atoms with van der Waals surface area (Å²) in [5.74, 6) is 0.0451. The number of amides is 1. The van der Waals surface area contributed by atoms with Crippen LogP contribution in [0, 0.1) is 5.41 Å². The Morgan fingerprint density at radius 1 is 1.28 bits per heavy atom. The molecule has 1 saturated carbocycles. The standard InChI is InChI=1S/C15H22N2O/c1-11(15(2)9-10-15)16-13-7-5-12(6-8-13)14(18)17(3)4/h5-8,11,16H,9-10H2,1-4H3. The largest absolute Gasteiger partial charge is 0.382 e. The molecule has 1 fully saturated rings. The first kappa shape index (κ1) is 12.9. The molecule has 0 radical (unpaired) electrons. The molecule has 1 unspecified atom stereocenters. The van der Waals surface area contributed by atoms with Crippen LogP contribution in [-0.4, -0.2) is 30.9 Å². The van der Waals surface area contributed by atoms with E-state index in [9.17, 15) is 4.79 Å². The molecule has 0 saturated heterocycles. The number of nitrogens with zero attached hydrogens (tertiary/aromatic N) is 1. The van der Waals surface area contributed by atoms with Crippen molar-refractivity contribution in [1.82, 2.24) is 4.90 Å². The van der Waals surface area contributed by atoms with Gasteiger partial charge in [-0.3, -0.25) is 4.79 Å². The Bertz CT molecular complexity index is 432. The molecule has 2 rings (SSSR count). The second-order valence-corrected chi connectivity index (χ2v) is 5.80. The van der Waals surface area contributed by atoms with Gasteiger partial charge in [-0.1, -0.05) is 6.92 Å². The molecule has 0 spiro atoms. The third-order valence-corrected chi connectivity index (χ3v) is 4.01. The first-order valence-electron chi connectivity index (χ1n) is 6.51. The van der Waals surface area contributed by atoms with Crippen molar-refractivity contribution in [3.63, 3.8) is 0 Å². The Kier molecular flexibility index (Phi) is 3.33. The topological polar surface area (TPSA) is 32.3 Å². The molecule has 0 aliphatic heterocycles. The molecular weight excluding hydrogens is 224 g/mol. The SMILES string of the molecule is CC(Nc1ccc(C(=O)N(C)C)cc1)C1(C)CC1. The van der Waals surface area contributed by atoms with Gasteiger partial charge in [-0.2, -0.15) is 0 Å². The van der Waals surface area contributed by atoms with Crippen LogP contribution in [0.4, 0.5) is 5.69 Å². The van der Waals surface area contributed by atoms with Gasteiger partial charge in [-0.05, 0) is 49.4 Å². The Morgan fingerprint density at radius 3 is 2.28 bits per heavy atom. The normalized spacial score (nSPS) is 18.0. The number of anilines is 1. The van der Waals surface area contributed by atoms with Gasteiger partial charge >= 0.3 is 0 Å². The summed E-state index contributed by atoms with van der Waals surface area (Å²) in [7, 11) is 3.54. The highest BCUT2D eigenvalue weighted by Crippen LogP contribution is 2.48. The zero-order valence-corrected chi connectivity index (χ0v) is 11.7. The van der Waals surface area contributed by atoms with Crippen molar-refractivity contribution in [3.05, 3.63) is 29.8 Å². The molecule has 0 bridgehead atoms. The molecule has 98 valence electrons. The fraction of sp³-hybridized carbons (Fsp3) is 0.533. The van der Waals surface area contributed by atoms with E-state index in [0.29, 0.717) is 11.5 Å². The number of hydrogen-bond donors (Lipinski definition) is 1. The molecule has 3 heteroatoms. The highest BCUT2D eigenvalue weighted by Gasteiger charge is 2.42. The van der Waals surface area contributed by atoms with Gasteiger partial charge < -0.3 is 10.2 Å². The van der Waals surface area contributed by atoms with Crippen LogP contribution >= 0.6 is 0 Å². The van der Waals surface area contributed by atoms with Gasteiger partial charge in [0.25, 0.3) is 5.91 Å². The zero-order valence-electron chi connectivity index (χ0n) is 11.7. The summed E-state index contributed by atoms with van der Waals surface area (Å²) in [6.45, 7) is 4.54. The van der Waals surface area contributed by atoms with Crippen molar-refractivity contribution >= 4 is 11.6 Å². The van der Waals surface area contributed by atoms with Crippen molar-refractivity contribution in [2.75, 3.05) is 19.4 Å². The van der Waals surface area contributed by atoms with E-state index < -0.39 is 0 Å². The smallest absolute Gasteiger partial charge is 0.253 e. The van der Waals surface area contributed by atoms with Gasteiger partial charge in [0, 0.05) is 31.4 Å². The molecule has 0 heterocycles. The summed E-state index contributed by atoms with van der Waals surface area (Å²) in [5, 5.41) is 3.51. The van der Waals surface area contributed by atoms with Crippen LogP contribution in [0.3, 0.4) is 0 Å². The van der Waals surface area contributed by atoms with E-state index in [4.69, 9.17) is 0 Å². The Hall–Kier alpha value is -1.51. The Balaban J connectivity index is 2.01. The Morgan fingerprint density at radius 2 is 1.83 bits per heavy atom. The van der Waals surface area contributed by atoms with Gasteiger partial charge in [0.05, 0.1) is 0 Å². The predicted octanol–water partition coefficient (Wildman–Crippen LogP) is 2.99. The van der Waals surface area contributed by atoms with Crippen molar-refractivity contribution in [3.8, 4) is 0 Å². The van der Waals surface area contributed by atoms with Gasteiger partial charge in [-0.25, -0.2) is 0 Å². The maximum atomic E-state index is 11.8. The predicted molar refractivity (Wildman–Crippen MR) is 74.9 cm³/mol. The van der Waals surface area contributed by atoms with E-state index in [0.717, 1.165) is 11.3 Å². The first-order chi connectivity index (χ1) is 8.42. The molecule has 1 aliphatic carbocycles. The lowest BCUT2D eigenvalue weighted by Crippen LogP contribution is -2.25. The van der Waals surface area contributed by atoms with Crippen LogP contribution in [0.1, 0.15) is 37.0 Å². The molecule has 18 heavy (non-hydrogen) atoms. The lowest BCUT2D eigenvalue weighted by atomic mass is 10.0. The number of hydrogen-bond acceptors (Lipinski definition) is 2. The van der Waals surface area contributed by atoms with Crippen molar-refractivity contribution in [2.24, 2.45) is 5.41 Å². The first-order valence-corrected chi connectivity index (χ1v) is 6.51. The average Bonchev–Trinajstić information content (AvgIpc) is 3.08. The van der Waals surface area contributed by atoms with E-state index in [-0.39, 0.29) is 5.91 Å². The molecule has 1 amide bonds. The highest BCUT2D eigenvalue weighted by atomic mass is 16.2. The summed E-state index contributed by atoms with van der Waals surface area (Å²) in [5.41, 5.74) is 2.28. The van der Waals surface area contributed by atoms with Crippen LogP contribution in [0.15, 0.2) is 24.3 Å². The van der Waals surface area contributed by atoms with Crippen molar-refractivity contribution in [2.45, 2.75) is 32.7 Å². The van der Waals surface area contributed by atoms with E-state index in [1.165, 1.54) is 12.8 Å². The monoisotopic (exact) mass is 246 g/mol. The fourth-order valence-corrected chi connectivity index (χ4v) is 2.02. The summed E-state index contributed by atoms with van der Waals surface area (Å²) in [6.07, 6.45) is 2.61. The van der Waals surface area contributed by atoms with Crippen LogP contribution < -0.4 is 5.32 Å². The minimum atomic E-state index is 0.0451. The molecule has 1 N–H and O–H groups in total. The quantitative estimate of drug-likeness (QED) is 0.885. The second kappa shape index (κ2) is 4.63. The van der Waals surface area contributed by atoms with Crippen molar-refractivity contribution in [1.29, 1.82) is 0 Å². The van der Waals surface area contributed by atoms with Crippen LogP contribution in [0.5, 0.6) is 0 Å². The third kappa shape index (κ3) is 2.66. The molecule has 1 atom stereocenters. The highest BCUT2D eigenvalue weighted by molar-refractivity contribution is 5.94. The second-order valence-electron chi connectivity index (χ2n) is 5.80. The van der Waals surface area contributed by atoms with E-state index >= 15 is 0 Å². The van der Waals surface area contributed by atoms with E-state index in [2.05, 4.69) is 19.2 Å². The average molecular weight is 246 g/mol. The number of carbonyl (C=O) groups is 1. The number of benzene rings is 1. The lowest BCUT2D eigenvalue weighted by molar-refractivity contribution is 0.0827.